The smallest absolute Gasteiger partial charge is 0.422 e. The molecule has 1 aromatic heterocycles. The number of nitrogens with zero attached hydrogens (tertiary/aromatic N) is 2. The maximum Gasteiger partial charge on any atom is 0.422 e. The second-order valence-electron chi connectivity index (χ2n) is 7.37. The second kappa shape index (κ2) is 8.81. The Morgan fingerprint density at radius 3 is 2.35 bits per heavy atom. The van der Waals surface area contributed by atoms with Gasteiger partial charge in [-0.25, -0.2) is 4.99 Å². The number of hydrogen-bond donors (Lipinski definition) is 1. The molecule has 2 heterocycles. The van der Waals surface area contributed by atoms with Crippen LogP contribution in [0.4, 0.5) is 37.7 Å². The highest BCUT2D eigenvalue weighted by Gasteiger charge is 2.38. The summed E-state index contributed by atoms with van der Waals surface area (Å²) in [7, 11) is 0. The van der Waals surface area contributed by atoms with E-state index in [1.54, 1.807) is 36.7 Å². The van der Waals surface area contributed by atoms with Crippen molar-refractivity contribution in [3.8, 4) is 16.9 Å². The lowest BCUT2D eigenvalue weighted by Gasteiger charge is -2.17. The number of rotatable bonds is 4. The molecule has 11 heteroatoms. The van der Waals surface area contributed by atoms with Gasteiger partial charge in [-0.15, -0.1) is 0 Å². The van der Waals surface area contributed by atoms with Crippen LogP contribution in [0.25, 0.3) is 11.1 Å². The highest BCUT2D eigenvalue weighted by atomic mass is 19.4. The minimum Gasteiger partial charge on any atom is -0.483 e. The number of nitrogens with one attached hydrogen (secondary N) is 1. The van der Waals surface area contributed by atoms with E-state index in [0.29, 0.717) is 11.6 Å². The van der Waals surface area contributed by atoms with E-state index >= 15 is 0 Å². The van der Waals surface area contributed by atoms with Gasteiger partial charge in [0.25, 0.3) is 0 Å². The summed E-state index contributed by atoms with van der Waals surface area (Å²) in [6, 6.07) is 11.8. The third-order valence-corrected chi connectivity index (χ3v) is 4.84. The molecule has 0 fully saturated rings. The Morgan fingerprint density at radius 2 is 1.68 bits per heavy atom. The molecule has 176 valence electrons. The molecular weight excluding hydrogens is 464 g/mol. The fourth-order valence-corrected chi connectivity index (χ4v) is 3.37. The van der Waals surface area contributed by atoms with E-state index in [0.717, 1.165) is 17.2 Å². The fraction of sp³-hybridized carbons (Fsp3) is 0.174. The Morgan fingerprint density at radius 1 is 0.941 bits per heavy atom. The van der Waals surface area contributed by atoms with E-state index in [1.807, 2.05) is 12.1 Å². The van der Waals surface area contributed by atoms with Gasteiger partial charge in [0, 0.05) is 24.0 Å². The van der Waals surface area contributed by atoms with Gasteiger partial charge < -0.3 is 10.1 Å². The van der Waals surface area contributed by atoms with Crippen molar-refractivity contribution in [1.82, 2.24) is 4.98 Å². The lowest BCUT2D eigenvalue weighted by Crippen LogP contribution is -2.21. The zero-order valence-corrected chi connectivity index (χ0v) is 17.2. The highest BCUT2D eigenvalue weighted by Crippen LogP contribution is 2.43. The number of alkyl halides is 6. The van der Waals surface area contributed by atoms with Gasteiger partial charge in [-0.2, -0.15) is 26.3 Å². The third kappa shape index (κ3) is 5.36. The van der Waals surface area contributed by atoms with Gasteiger partial charge in [0.15, 0.2) is 6.61 Å². The lowest BCUT2D eigenvalue weighted by molar-refractivity contribution is -0.158. The molecule has 2 aromatic carbocycles. The summed E-state index contributed by atoms with van der Waals surface area (Å²) < 4.78 is 82.6. The van der Waals surface area contributed by atoms with Gasteiger partial charge in [-0.3, -0.25) is 9.78 Å². The van der Waals surface area contributed by atoms with E-state index in [4.69, 9.17) is 0 Å². The fourth-order valence-electron chi connectivity index (χ4n) is 3.37. The van der Waals surface area contributed by atoms with Gasteiger partial charge in [-0.1, -0.05) is 24.3 Å². The van der Waals surface area contributed by atoms with Crippen LogP contribution in [-0.4, -0.2) is 29.4 Å². The molecule has 0 saturated heterocycles. The number of aliphatic imine (C=N–C) groups is 1. The number of carbonyl (C=O) groups excluding carboxylic acids is 1. The third-order valence-electron chi connectivity index (χ3n) is 4.84. The Labute approximate surface area is 189 Å². The maximum absolute atomic E-state index is 13.5. The van der Waals surface area contributed by atoms with Crippen molar-refractivity contribution in [2.75, 3.05) is 11.9 Å². The van der Waals surface area contributed by atoms with Gasteiger partial charge in [0.05, 0.1) is 29.1 Å². The zero-order valence-electron chi connectivity index (χ0n) is 17.2. The van der Waals surface area contributed by atoms with Crippen molar-refractivity contribution < 1.29 is 35.9 Å². The predicted molar refractivity (Wildman–Crippen MR) is 112 cm³/mol. The summed E-state index contributed by atoms with van der Waals surface area (Å²) >= 11 is 0. The first-order valence-corrected chi connectivity index (χ1v) is 9.83. The number of halogens is 6. The summed E-state index contributed by atoms with van der Waals surface area (Å²) in [6.07, 6.45) is -6.87. The van der Waals surface area contributed by atoms with Crippen LogP contribution in [0.1, 0.15) is 17.5 Å². The summed E-state index contributed by atoms with van der Waals surface area (Å²) in [5.41, 5.74) is 0.410. The quantitative estimate of drug-likeness (QED) is 0.455. The van der Waals surface area contributed by atoms with E-state index in [2.05, 4.69) is 20.0 Å². The van der Waals surface area contributed by atoms with Crippen LogP contribution in [0.15, 0.2) is 65.9 Å². The first-order valence-electron chi connectivity index (χ1n) is 9.83. The summed E-state index contributed by atoms with van der Waals surface area (Å²) in [4.78, 5) is 20.8. The number of ether oxygens (including phenoxy) is 1. The Balaban J connectivity index is 1.79. The number of carbonyl (C=O) groups is 1. The molecule has 0 spiro atoms. The predicted octanol–water partition coefficient (Wildman–Crippen LogP) is 6.17. The SMILES string of the molecule is O=C1CC(c2cccc(-c3cccnc3)c2)=Nc2cc(OCC(F)(F)F)c(C(F)(F)F)cc2N1. The Hall–Kier alpha value is -3.89. The second-order valence-corrected chi connectivity index (χ2v) is 7.37. The Bertz CT molecular complexity index is 1250. The van der Waals surface area contributed by atoms with Crippen molar-refractivity contribution in [3.05, 3.63) is 72.1 Å². The number of aromatic nitrogens is 1. The van der Waals surface area contributed by atoms with E-state index in [-0.39, 0.29) is 23.5 Å². The minimum atomic E-state index is -5.02. The molecule has 34 heavy (non-hydrogen) atoms. The van der Waals surface area contributed by atoms with Crippen molar-refractivity contribution >= 4 is 23.0 Å². The number of fused-ring (bicyclic) bond motifs is 1. The zero-order chi connectivity index (χ0) is 24.5. The van der Waals surface area contributed by atoms with Crippen LogP contribution in [0.3, 0.4) is 0 Å². The molecule has 4 rings (SSSR count). The first-order chi connectivity index (χ1) is 16.0. The van der Waals surface area contributed by atoms with Crippen molar-refractivity contribution in [3.63, 3.8) is 0 Å². The minimum absolute atomic E-state index is 0.155. The number of anilines is 1. The van der Waals surface area contributed by atoms with Gasteiger partial charge in [-0.05, 0) is 29.3 Å². The van der Waals surface area contributed by atoms with Gasteiger partial charge >= 0.3 is 12.4 Å². The molecule has 1 N–H and O–H groups in total. The lowest BCUT2D eigenvalue weighted by atomic mass is 10.0. The molecule has 1 amide bonds. The van der Waals surface area contributed by atoms with Crippen molar-refractivity contribution in [2.24, 2.45) is 4.99 Å². The normalized spacial score (nSPS) is 14.1. The van der Waals surface area contributed by atoms with Crippen molar-refractivity contribution in [1.29, 1.82) is 0 Å². The maximum atomic E-state index is 13.5. The average Bonchev–Trinajstić information content (AvgIpc) is 2.94. The van der Waals surface area contributed by atoms with E-state index in [9.17, 15) is 31.1 Å². The number of benzene rings is 2. The van der Waals surface area contributed by atoms with E-state index in [1.165, 1.54) is 0 Å². The van der Waals surface area contributed by atoms with Crippen LogP contribution >= 0.6 is 0 Å². The van der Waals surface area contributed by atoms with Crippen LogP contribution < -0.4 is 10.1 Å². The monoisotopic (exact) mass is 479 g/mol. The summed E-state index contributed by atoms with van der Waals surface area (Å²) in [5.74, 6) is -1.66. The summed E-state index contributed by atoms with van der Waals surface area (Å²) in [6.45, 7) is -1.91. The Kier molecular flexibility index (Phi) is 6.03. The van der Waals surface area contributed by atoms with E-state index < -0.39 is 36.2 Å². The number of amides is 1. The molecule has 0 bridgehead atoms. The molecule has 0 radical (unpaired) electrons. The topological polar surface area (TPSA) is 63.6 Å². The average molecular weight is 479 g/mol. The molecule has 0 saturated carbocycles. The van der Waals surface area contributed by atoms with Gasteiger partial charge in [0.2, 0.25) is 5.91 Å². The molecule has 0 unspecified atom stereocenters. The molecule has 5 nitrogen and oxygen atoms in total. The van der Waals surface area contributed by atoms with Gasteiger partial charge in [0.1, 0.15) is 5.75 Å². The van der Waals surface area contributed by atoms with Crippen molar-refractivity contribution in [2.45, 2.75) is 18.8 Å². The molecule has 3 aromatic rings. The molecule has 0 aliphatic carbocycles. The molecular formula is C23H15F6N3O2. The largest absolute Gasteiger partial charge is 0.483 e. The first kappa shape index (κ1) is 23.3. The molecule has 1 aliphatic heterocycles. The van der Waals surface area contributed by atoms with Crippen LogP contribution in [0, 0.1) is 0 Å². The molecule has 0 atom stereocenters. The van der Waals surface area contributed by atoms with Crippen LogP contribution in [0.2, 0.25) is 0 Å². The standard InChI is InChI=1S/C23H15F6N3O2/c24-22(25,26)12-34-20-9-19-18(8-16(20)23(27,28)29)32-21(33)10-17(31-19)14-4-1-3-13(7-14)15-5-2-6-30-11-15/h1-9,11H,10,12H2,(H,32,33). The van der Waals surface area contributed by atoms with Crippen LogP contribution in [-0.2, 0) is 11.0 Å². The number of hydrogen-bond acceptors (Lipinski definition) is 4. The highest BCUT2D eigenvalue weighted by molar-refractivity contribution is 6.17. The summed E-state index contributed by atoms with van der Waals surface area (Å²) in [5, 5.41) is 2.34. The van der Waals surface area contributed by atoms with Crippen LogP contribution in [0.5, 0.6) is 5.75 Å². The molecule has 1 aliphatic rings. The number of pyridine rings is 1.